The second-order valence-corrected chi connectivity index (χ2v) is 19.9. The highest BCUT2D eigenvalue weighted by Gasteiger charge is 2.72. The Morgan fingerprint density at radius 2 is 1.48 bits per heavy atom. The summed E-state index contributed by atoms with van der Waals surface area (Å²) in [4.78, 5) is 30.2. The molecule has 7 fully saturated rings. The number of hydrogen-bond donors (Lipinski definition) is 2. The van der Waals surface area contributed by atoms with Crippen LogP contribution in [0, 0.1) is 68.0 Å². The van der Waals surface area contributed by atoms with Gasteiger partial charge in [-0.1, -0.05) is 60.6 Å². The fraction of sp³-hybridized carbons (Fsp3) is 0.902. The van der Waals surface area contributed by atoms with E-state index in [1.807, 2.05) is 0 Å². The molecule has 0 bridgehead atoms. The zero-order valence-electron chi connectivity index (χ0n) is 30.6. The van der Waals surface area contributed by atoms with Gasteiger partial charge in [0.15, 0.2) is 0 Å². The Hall–Kier alpha value is -1.36. The summed E-state index contributed by atoms with van der Waals surface area (Å²) in [6.45, 7) is 25.6. The number of rotatable bonds is 4. The first-order valence-electron chi connectivity index (χ1n) is 19.4. The highest BCUT2D eigenvalue weighted by molar-refractivity contribution is 5.86. The quantitative estimate of drug-likeness (QED) is 0.307. The minimum absolute atomic E-state index is 0.0168. The summed E-state index contributed by atoms with van der Waals surface area (Å²) < 4.78 is 0. The zero-order chi connectivity index (χ0) is 33.2. The van der Waals surface area contributed by atoms with Gasteiger partial charge >= 0.3 is 0 Å². The van der Waals surface area contributed by atoms with Crippen LogP contribution in [0.1, 0.15) is 139 Å². The zero-order valence-corrected chi connectivity index (χ0v) is 30.6. The molecule has 5 heteroatoms. The predicted molar refractivity (Wildman–Crippen MR) is 185 cm³/mol. The highest BCUT2D eigenvalue weighted by Crippen LogP contribution is 2.77. The van der Waals surface area contributed by atoms with Crippen LogP contribution < -0.4 is 5.32 Å². The van der Waals surface area contributed by atoms with E-state index in [9.17, 15) is 14.7 Å². The number of hydrogen-bond acceptors (Lipinski definition) is 3. The standard InChI is InChI=1S/C41H66N2O3/c1-25(2)26-14-19-41(35(46)42-31-24-28(36(31,3)4)34(45)43-22-10-11-23-43)21-20-39(8)27(33(26)41)12-13-30-38(7)17-16-32(44)37(5,6)29(38)15-18-40(30,39)9/h26-33,44H,1,10-24H2,2-9H3,(H,42,46)/t26-,27+,28+,29-,30+,31+,32-,33+,38-,39+,40+,41?/m0/s1. The molecule has 2 N–H and O–H groups in total. The van der Waals surface area contributed by atoms with Gasteiger partial charge in [0.25, 0.3) is 0 Å². The molecule has 0 aromatic carbocycles. The largest absolute Gasteiger partial charge is 0.393 e. The average Bonchev–Trinajstić information content (AvgIpc) is 3.67. The maximum Gasteiger partial charge on any atom is 0.226 e. The molecular formula is C41H66N2O3. The predicted octanol–water partition coefficient (Wildman–Crippen LogP) is 8.16. The number of amides is 2. The summed E-state index contributed by atoms with van der Waals surface area (Å²) in [7, 11) is 0. The van der Waals surface area contributed by atoms with Crippen LogP contribution >= 0.6 is 0 Å². The van der Waals surface area contributed by atoms with Crippen LogP contribution in [0.25, 0.3) is 0 Å². The van der Waals surface area contributed by atoms with Crippen LogP contribution in [0.5, 0.6) is 0 Å². The van der Waals surface area contributed by atoms with Crippen molar-refractivity contribution in [3.63, 3.8) is 0 Å². The molecule has 2 amide bonds. The van der Waals surface area contributed by atoms with E-state index in [2.05, 4.69) is 72.2 Å². The van der Waals surface area contributed by atoms with E-state index in [0.29, 0.717) is 41.4 Å². The molecule has 0 aromatic heterocycles. The lowest BCUT2D eigenvalue weighted by Gasteiger charge is -2.72. The van der Waals surface area contributed by atoms with Crippen molar-refractivity contribution in [3.05, 3.63) is 12.2 Å². The van der Waals surface area contributed by atoms with Crippen LogP contribution in [0.2, 0.25) is 0 Å². The lowest BCUT2D eigenvalue weighted by Crippen LogP contribution is -2.68. The Bertz CT molecular complexity index is 1280. The van der Waals surface area contributed by atoms with E-state index in [1.165, 1.54) is 31.3 Å². The molecule has 46 heavy (non-hydrogen) atoms. The lowest BCUT2D eigenvalue weighted by atomic mass is 9.32. The van der Waals surface area contributed by atoms with Gasteiger partial charge in [-0.3, -0.25) is 9.59 Å². The van der Waals surface area contributed by atoms with E-state index in [4.69, 9.17) is 0 Å². The Labute approximate surface area is 280 Å². The van der Waals surface area contributed by atoms with E-state index in [-0.39, 0.29) is 50.6 Å². The Balaban J connectivity index is 1.16. The molecule has 6 aliphatic carbocycles. The number of carbonyl (C=O) groups is 2. The molecule has 5 nitrogen and oxygen atoms in total. The topological polar surface area (TPSA) is 69.6 Å². The van der Waals surface area contributed by atoms with E-state index < -0.39 is 0 Å². The maximum atomic E-state index is 14.8. The van der Waals surface area contributed by atoms with Gasteiger partial charge in [0.2, 0.25) is 11.8 Å². The number of aliphatic hydroxyl groups excluding tert-OH is 1. The van der Waals surface area contributed by atoms with Crippen molar-refractivity contribution < 1.29 is 14.7 Å². The summed E-state index contributed by atoms with van der Waals surface area (Å²) in [5.74, 6) is 3.13. The SMILES string of the molecule is C=C(C)[C@@H]1CCC2(C(=O)N[C@@H]3C[C@H](C(=O)N4CCCC4)C3(C)C)CC[C@]3(C)[C@H](CC[C@@H]4[C@@]5(C)CC[C@H](O)C(C)(C)[C@@H]5CC[C@]43C)[C@@H]12. The number of nitrogens with zero attached hydrogens (tertiary/aromatic N) is 1. The maximum absolute atomic E-state index is 14.8. The van der Waals surface area contributed by atoms with Gasteiger partial charge in [-0.2, -0.15) is 0 Å². The summed E-state index contributed by atoms with van der Waals surface area (Å²) in [6, 6.07) is 0.0669. The Morgan fingerprint density at radius 1 is 0.783 bits per heavy atom. The minimum Gasteiger partial charge on any atom is -0.393 e. The van der Waals surface area contributed by atoms with Gasteiger partial charge in [-0.25, -0.2) is 0 Å². The van der Waals surface area contributed by atoms with Crippen molar-refractivity contribution in [2.75, 3.05) is 13.1 Å². The Morgan fingerprint density at radius 3 is 2.13 bits per heavy atom. The van der Waals surface area contributed by atoms with Crippen LogP contribution in [0.4, 0.5) is 0 Å². The molecule has 6 saturated carbocycles. The first kappa shape index (κ1) is 33.2. The number of nitrogens with one attached hydrogen (secondary N) is 1. The number of aliphatic hydroxyl groups is 1. The monoisotopic (exact) mass is 635 g/mol. The van der Waals surface area contributed by atoms with Crippen LogP contribution in [-0.2, 0) is 9.59 Å². The molecule has 0 spiro atoms. The van der Waals surface area contributed by atoms with Gasteiger partial charge in [-0.05, 0) is 147 Å². The second kappa shape index (κ2) is 10.6. The summed E-state index contributed by atoms with van der Waals surface area (Å²) in [6.07, 6.45) is 14.0. The second-order valence-electron chi connectivity index (χ2n) is 19.9. The number of carbonyl (C=O) groups excluding carboxylic acids is 2. The van der Waals surface area contributed by atoms with Gasteiger partial charge in [0.05, 0.1) is 11.5 Å². The fourth-order valence-electron chi connectivity index (χ4n) is 14.6. The Kier molecular flexibility index (Phi) is 7.62. The van der Waals surface area contributed by atoms with Crippen molar-refractivity contribution in [1.82, 2.24) is 10.2 Å². The van der Waals surface area contributed by atoms with Crippen molar-refractivity contribution in [2.45, 2.75) is 151 Å². The summed E-state index contributed by atoms with van der Waals surface area (Å²) in [5, 5.41) is 14.7. The molecule has 1 saturated heterocycles. The normalized spacial score (nSPS) is 50.3. The average molecular weight is 635 g/mol. The number of allylic oxidation sites excluding steroid dienone is 1. The van der Waals surface area contributed by atoms with Gasteiger partial charge < -0.3 is 15.3 Å². The van der Waals surface area contributed by atoms with Crippen LogP contribution in [0.3, 0.4) is 0 Å². The lowest BCUT2D eigenvalue weighted by molar-refractivity contribution is -0.246. The third kappa shape index (κ3) is 4.20. The van der Waals surface area contributed by atoms with Gasteiger partial charge in [0.1, 0.15) is 0 Å². The molecular weight excluding hydrogens is 568 g/mol. The summed E-state index contributed by atoms with van der Waals surface area (Å²) >= 11 is 0. The molecule has 1 unspecified atom stereocenters. The number of likely N-dealkylation sites (tertiary alicyclic amines) is 1. The molecule has 258 valence electrons. The number of fused-ring (bicyclic) bond motifs is 7. The molecule has 12 atom stereocenters. The van der Waals surface area contributed by atoms with E-state index in [0.717, 1.165) is 70.9 Å². The molecule has 7 aliphatic rings. The molecule has 0 aromatic rings. The summed E-state index contributed by atoms with van der Waals surface area (Å²) in [5.41, 5.74) is 1.40. The first-order valence-corrected chi connectivity index (χ1v) is 19.4. The molecule has 1 aliphatic heterocycles. The minimum atomic E-state index is -0.324. The smallest absolute Gasteiger partial charge is 0.226 e. The van der Waals surface area contributed by atoms with Crippen LogP contribution in [-0.4, -0.2) is 47.1 Å². The van der Waals surface area contributed by atoms with E-state index in [1.54, 1.807) is 0 Å². The molecule has 0 radical (unpaired) electrons. The van der Waals surface area contributed by atoms with Crippen molar-refractivity contribution in [3.8, 4) is 0 Å². The molecule has 1 heterocycles. The van der Waals surface area contributed by atoms with Crippen molar-refractivity contribution >= 4 is 11.8 Å². The van der Waals surface area contributed by atoms with Crippen molar-refractivity contribution in [2.24, 2.45) is 68.0 Å². The molecule has 7 rings (SSSR count). The van der Waals surface area contributed by atoms with Gasteiger partial charge in [-0.15, -0.1) is 0 Å². The first-order chi connectivity index (χ1) is 21.4. The third-order valence-corrected chi connectivity index (χ3v) is 17.8. The highest BCUT2D eigenvalue weighted by atomic mass is 16.3. The fourth-order valence-corrected chi connectivity index (χ4v) is 14.6. The van der Waals surface area contributed by atoms with Gasteiger partial charge in [0, 0.05) is 25.0 Å². The van der Waals surface area contributed by atoms with Crippen molar-refractivity contribution in [1.29, 1.82) is 0 Å². The van der Waals surface area contributed by atoms with E-state index >= 15 is 0 Å². The van der Waals surface area contributed by atoms with Crippen LogP contribution in [0.15, 0.2) is 12.2 Å². The third-order valence-electron chi connectivity index (χ3n) is 17.8.